The van der Waals surface area contributed by atoms with Gasteiger partial charge in [0.15, 0.2) is 0 Å². The number of para-hydroxylation sites is 1. The van der Waals surface area contributed by atoms with Gasteiger partial charge in [-0.2, -0.15) is 0 Å². The van der Waals surface area contributed by atoms with Gasteiger partial charge in [-0.05, 0) is 58.5 Å². The van der Waals surface area contributed by atoms with Crippen LogP contribution < -0.4 is 0 Å². The number of rotatable bonds is 1. The van der Waals surface area contributed by atoms with Crippen LogP contribution in [0.1, 0.15) is 31.9 Å². The Morgan fingerprint density at radius 1 is 0.760 bits per heavy atom. The van der Waals surface area contributed by atoms with Crippen molar-refractivity contribution in [1.29, 1.82) is 0 Å². The second kappa shape index (κ2) is 5.70. The SMILES string of the molecule is Cc1cc(-c2cc(C(C)(C)C)c3ccccc3c2)nc2ccccc12. The van der Waals surface area contributed by atoms with Crippen LogP contribution in [0.5, 0.6) is 0 Å². The molecule has 0 aliphatic rings. The monoisotopic (exact) mass is 325 g/mol. The normalized spacial score (nSPS) is 12.0. The Morgan fingerprint density at radius 2 is 1.44 bits per heavy atom. The van der Waals surface area contributed by atoms with Gasteiger partial charge in [-0.15, -0.1) is 0 Å². The summed E-state index contributed by atoms with van der Waals surface area (Å²) in [4.78, 5) is 4.94. The molecule has 0 saturated carbocycles. The maximum Gasteiger partial charge on any atom is 0.0712 e. The van der Waals surface area contributed by atoms with E-state index in [9.17, 15) is 0 Å². The van der Waals surface area contributed by atoms with Crippen LogP contribution in [0.25, 0.3) is 32.9 Å². The molecule has 1 heteroatoms. The molecule has 25 heavy (non-hydrogen) atoms. The number of nitrogens with zero attached hydrogens (tertiary/aromatic N) is 1. The fourth-order valence-corrected chi connectivity index (χ4v) is 3.58. The lowest BCUT2D eigenvalue weighted by atomic mass is 9.82. The van der Waals surface area contributed by atoms with Gasteiger partial charge in [0.1, 0.15) is 0 Å². The van der Waals surface area contributed by atoms with E-state index in [1.54, 1.807) is 0 Å². The minimum absolute atomic E-state index is 0.0848. The van der Waals surface area contributed by atoms with Crippen molar-refractivity contribution in [1.82, 2.24) is 4.98 Å². The topological polar surface area (TPSA) is 12.9 Å². The summed E-state index contributed by atoms with van der Waals surface area (Å²) in [6, 6.07) is 23.8. The maximum atomic E-state index is 4.94. The molecule has 1 heterocycles. The Labute approximate surface area is 149 Å². The predicted molar refractivity (Wildman–Crippen MR) is 108 cm³/mol. The highest BCUT2D eigenvalue weighted by Gasteiger charge is 2.18. The first-order valence-electron chi connectivity index (χ1n) is 8.83. The van der Waals surface area contributed by atoms with Gasteiger partial charge in [0.25, 0.3) is 0 Å². The third-order valence-corrected chi connectivity index (χ3v) is 4.89. The average molecular weight is 325 g/mol. The number of aromatic nitrogens is 1. The van der Waals surface area contributed by atoms with E-state index in [0.717, 1.165) is 11.2 Å². The highest BCUT2D eigenvalue weighted by molar-refractivity contribution is 5.92. The highest BCUT2D eigenvalue weighted by atomic mass is 14.7. The van der Waals surface area contributed by atoms with Crippen molar-refractivity contribution in [3.8, 4) is 11.3 Å². The number of benzene rings is 3. The third-order valence-electron chi connectivity index (χ3n) is 4.89. The lowest BCUT2D eigenvalue weighted by Crippen LogP contribution is -2.12. The fourth-order valence-electron chi connectivity index (χ4n) is 3.58. The van der Waals surface area contributed by atoms with E-state index >= 15 is 0 Å². The zero-order valence-corrected chi connectivity index (χ0v) is 15.3. The molecule has 4 rings (SSSR count). The minimum Gasteiger partial charge on any atom is -0.248 e. The summed E-state index contributed by atoms with van der Waals surface area (Å²) in [7, 11) is 0. The van der Waals surface area contributed by atoms with Gasteiger partial charge in [0, 0.05) is 10.9 Å². The molecule has 0 bridgehead atoms. The Hall–Kier alpha value is -2.67. The molecule has 0 saturated heterocycles. The highest BCUT2D eigenvalue weighted by Crippen LogP contribution is 2.35. The smallest absolute Gasteiger partial charge is 0.0712 e. The van der Waals surface area contributed by atoms with Crippen molar-refractivity contribution in [3.63, 3.8) is 0 Å². The van der Waals surface area contributed by atoms with Gasteiger partial charge in [0.2, 0.25) is 0 Å². The van der Waals surface area contributed by atoms with Crippen LogP contribution in [0.4, 0.5) is 0 Å². The largest absolute Gasteiger partial charge is 0.248 e. The van der Waals surface area contributed by atoms with Gasteiger partial charge in [-0.3, -0.25) is 0 Å². The molecule has 1 nitrogen and oxygen atoms in total. The summed E-state index contributed by atoms with van der Waals surface area (Å²) in [6.45, 7) is 8.99. The van der Waals surface area contributed by atoms with Crippen molar-refractivity contribution < 1.29 is 0 Å². The second-order valence-electron chi connectivity index (χ2n) is 7.84. The van der Waals surface area contributed by atoms with Crippen LogP contribution in [-0.2, 0) is 5.41 Å². The summed E-state index contributed by atoms with van der Waals surface area (Å²) in [5.74, 6) is 0. The van der Waals surface area contributed by atoms with Crippen LogP contribution in [0.3, 0.4) is 0 Å². The average Bonchev–Trinajstić information content (AvgIpc) is 2.60. The number of hydrogen-bond acceptors (Lipinski definition) is 1. The van der Waals surface area contributed by atoms with Crippen molar-refractivity contribution in [3.05, 3.63) is 77.9 Å². The molecule has 0 atom stereocenters. The van der Waals surface area contributed by atoms with E-state index < -0.39 is 0 Å². The molecule has 3 aromatic carbocycles. The van der Waals surface area contributed by atoms with Gasteiger partial charge in [0.05, 0.1) is 11.2 Å². The van der Waals surface area contributed by atoms with E-state index in [4.69, 9.17) is 4.98 Å². The lowest BCUT2D eigenvalue weighted by Gasteiger charge is -2.23. The molecule has 0 aliphatic carbocycles. The zero-order chi connectivity index (χ0) is 17.6. The summed E-state index contributed by atoms with van der Waals surface area (Å²) >= 11 is 0. The number of pyridine rings is 1. The van der Waals surface area contributed by atoms with Gasteiger partial charge >= 0.3 is 0 Å². The molecule has 1 aromatic heterocycles. The van der Waals surface area contributed by atoms with Gasteiger partial charge in [-0.25, -0.2) is 4.98 Å². The van der Waals surface area contributed by atoms with E-state index in [0.29, 0.717) is 0 Å². The Morgan fingerprint density at radius 3 is 2.20 bits per heavy atom. The van der Waals surface area contributed by atoms with Crippen LogP contribution >= 0.6 is 0 Å². The van der Waals surface area contributed by atoms with E-state index in [2.05, 4.69) is 94.4 Å². The first-order chi connectivity index (χ1) is 11.9. The predicted octanol–water partition coefficient (Wildman–Crippen LogP) is 6.66. The Kier molecular flexibility index (Phi) is 3.61. The summed E-state index contributed by atoms with van der Waals surface area (Å²) in [5, 5.41) is 3.83. The number of aryl methyl sites for hydroxylation is 1. The summed E-state index contributed by atoms with van der Waals surface area (Å²) in [6.07, 6.45) is 0. The quantitative estimate of drug-likeness (QED) is 0.381. The zero-order valence-electron chi connectivity index (χ0n) is 15.3. The molecular formula is C24H23N. The van der Waals surface area contributed by atoms with Crippen molar-refractivity contribution in [2.75, 3.05) is 0 Å². The number of fused-ring (bicyclic) bond motifs is 2. The molecule has 0 N–H and O–H groups in total. The van der Waals surface area contributed by atoms with Crippen LogP contribution in [0.15, 0.2) is 66.7 Å². The molecule has 0 aliphatic heterocycles. The third kappa shape index (κ3) is 2.80. The van der Waals surface area contributed by atoms with Crippen LogP contribution in [0, 0.1) is 6.92 Å². The molecule has 124 valence electrons. The minimum atomic E-state index is 0.0848. The van der Waals surface area contributed by atoms with Gasteiger partial charge in [-0.1, -0.05) is 63.2 Å². The summed E-state index contributed by atoms with van der Waals surface area (Å²) < 4.78 is 0. The standard InChI is InChI=1S/C24H23N/c1-16-13-23(25-22-12-8-7-10-19(16)22)18-14-17-9-5-6-11-20(17)21(15-18)24(2,3)4/h5-15H,1-4H3. The van der Waals surface area contributed by atoms with Crippen LogP contribution in [-0.4, -0.2) is 4.98 Å². The molecule has 0 amide bonds. The first-order valence-corrected chi connectivity index (χ1v) is 8.83. The Bertz CT molecular complexity index is 1080. The van der Waals surface area contributed by atoms with E-state index in [-0.39, 0.29) is 5.41 Å². The first kappa shape index (κ1) is 15.8. The van der Waals surface area contributed by atoms with Crippen molar-refractivity contribution in [2.45, 2.75) is 33.1 Å². The summed E-state index contributed by atoms with van der Waals surface area (Å²) in [5.41, 5.74) is 6.02. The molecule has 4 aromatic rings. The van der Waals surface area contributed by atoms with Crippen molar-refractivity contribution in [2.24, 2.45) is 0 Å². The fraction of sp³-hybridized carbons (Fsp3) is 0.208. The van der Waals surface area contributed by atoms with Crippen LogP contribution in [0.2, 0.25) is 0 Å². The second-order valence-corrected chi connectivity index (χ2v) is 7.84. The van der Waals surface area contributed by atoms with Crippen molar-refractivity contribution >= 4 is 21.7 Å². The van der Waals surface area contributed by atoms with E-state index in [1.165, 1.54) is 32.8 Å². The molecule has 0 fully saturated rings. The molecule has 0 unspecified atom stereocenters. The maximum absolute atomic E-state index is 4.94. The van der Waals surface area contributed by atoms with Gasteiger partial charge < -0.3 is 0 Å². The lowest BCUT2D eigenvalue weighted by molar-refractivity contribution is 0.596. The molecule has 0 spiro atoms. The molecule has 0 radical (unpaired) electrons. The Balaban J connectivity index is 2.02. The molecular weight excluding hydrogens is 302 g/mol. The van der Waals surface area contributed by atoms with E-state index in [1.807, 2.05) is 0 Å². The number of hydrogen-bond donors (Lipinski definition) is 0.